The maximum Gasteiger partial charge on any atom is 0.173 e. The quantitative estimate of drug-likeness (QED) is 0.509. The van der Waals surface area contributed by atoms with Gasteiger partial charge in [0, 0.05) is 30.4 Å². The molecule has 1 N–H and O–H groups in total. The van der Waals surface area contributed by atoms with Crippen LogP contribution >= 0.6 is 0 Å². The lowest BCUT2D eigenvalue weighted by Gasteiger charge is -2.16. The summed E-state index contributed by atoms with van der Waals surface area (Å²) in [6, 6.07) is 5.10. The van der Waals surface area contributed by atoms with Crippen LogP contribution in [-0.4, -0.2) is 37.4 Å². The Hall–Kier alpha value is -3.62. The van der Waals surface area contributed by atoms with Crippen molar-refractivity contribution < 1.29 is 13.9 Å². The summed E-state index contributed by atoms with van der Waals surface area (Å²) in [6.45, 7) is 5.17. The fraction of sp³-hybridized carbons (Fsp3) is 0.318. The lowest BCUT2D eigenvalue weighted by Crippen LogP contribution is -2.13. The number of benzene rings is 1. The summed E-state index contributed by atoms with van der Waals surface area (Å²) < 4.78 is 30.7. The zero-order valence-corrected chi connectivity index (χ0v) is 17.4. The second kappa shape index (κ2) is 6.44. The predicted octanol–water partition coefficient (Wildman–Crippen LogP) is 3.37. The fourth-order valence-corrected chi connectivity index (χ4v) is 4.51. The summed E-state index contributed by atoms with van der Waals surface area (Å²) in [6.07, 6.45) is 1.63. The molecule has 3 aromatic heterocycles. The van der Waals surface area contributed by atoms with Crippen molar-refractivity contribution in [2.24, 2.45) is 7.05 Å². The van der Waals surface area contributed by atoms with E-state index in [1.165, 1.54) is 6.07 Å². The molecule has 0 bridgehead atoms. The summed E-state index contributed by atoms with van der Waals surface area (Å²) in [7, 11) is 1.98. The zero-order chi connectivity index (χ0) is 21.3. The molecule has 8 nitrogen and oxygen atoms in total. The van der Waals surface area contributed by atoms with Gasteiger partial charge in [0.1, 0.15) is 23.7 Å². The molecule has 0 saturated heterocycles. The number of fused-ring (bicyclic) bond motifs is 3. The van der Waals surface area contributed by atoms with Crippen molar-refractivity contribution in [3.8, 4) is 22.9 Å². The third-order valence-electron chi connectivity index (χ3n) is 6.38. The number of aromatic nitrogens is 5. The Bertz CT molecular complexity index is 1360. The number of rotatable bonds is 1. The van der Waals surface area contributed by atoms with Crippen LogP contribution in [0.3, 0.4) is 0 Å². The van der Waals surface area contributed by atoms with Crippen molar-refractivity contribution in [3.63, 3.8) is 0 Å². The molecule has 0 aliphatic carbocycles. The van der Waals surface area contributed by atoms with Gasteiger partial charge in [-0.05, 0) is 32.0 Å². The van der Waals surface area contributed by atoms with E-state index in [4.69, 9.17) is 14.5 Å². The standard InChI is InChI=1S/C22H21FN6O2/c1-11-12(2)28(3)20(26-11)14-6-18-22(29-10-25-27-21(14)29)24-7-15-16(23)4-5-17-19(15)13(8-30-17)9-31-18/h4-6,10,13,24H,7-9H2,1-3H3/t13-/m1/s1. The van der Waals surface area contributed by atoms with E-state index in [9.17, 15) is 4.39 Å². The third kappa shape index (κ3) is 2.55. The molecular weight excluding hydrogens is 399 g/mol. The molecule has 2 aliphatic heterocycles. The van der Waals surface area contributed by atoms with Crippen LogP contribution in [0, 0.1) is 19.7 Å². The first kappa shape index (κ1) is 18.2. The summed E-state index contributed by atoms with van der Waals surface area (Å²) >= 11 is 0. The molecule has 4 aromatic rings. The van der Waals surface area contributed by atoms with Crippen molar-refractivity contribution in [1.29, 1.82) is 0 Å². The lowest BCUT2D eigenvalue weighted by molar-refractivity contribution is 0.249. The molecule has 0 saturated carbocycles. The molecular formula is C22H21FN6O2. The SMILES string of the molecule is Cc1nc(-c2cc3c(n4cnnc24)NCc2c(F)ccc4c2[C@H](CO4)CO3)n(C)c1C. The Kier molecular flexibility index (Phi) is 3.77. The molecule has 9 heteroatoms. The van der Waals surface area contributed by atoms with Crippen LogP contribution in [-0.2, 0) is 13.6 Å². The maximum absolute atomic E-state index is 14.7. The molecule has 2 aliphatic rings. The van der Waals surface area contributed by atoms with Gasteiger partial charge in [-0.1, -0.05) is 0 Å². The summed E-state index contributed by atoms with van der Waals surface area (Å²) in [5, 5.41) is 11.8. The Morgan fingerprint density at radius 2 is 1.97 bits per heavy atom. The summed E-state index contributed by atoms with van der Waals surface area (Å²) in [5.41, 5.74) is 5.01. The number of aryl methyl sites for hydroxylation is 1. The number of anilines is 1. The van der Waals surface area contributed by atoms with Crippen LogP contribution in [0.25, 0.3) is 17.0 Å². The highest BCUT2D eigenvalue weighted by atomic mass is 19.1. The molecule has 158 valence electrons. The largest absolute Gasteiger partial charge is 0.493 e. The van der Waals surface area contributed by atoms with Crippen LogP contribution < -0.4 is 14.8 Å². The minimum Gasteiger partial charge on any atom is -0.493 e. The summed E-state index contributed by atoms with van der Waals surface area (Å²) in [4.78, 5) is 4.74. The molecule has 5 heterocycles. The summed E-state index contributed by atoms with van der Waals surface area (Å²) in [5.74, 6) is 2.56. The first-order valence-corrected chi connectivity index (χ1v) is 10.2. The number of ether oxygens (including phenoxy) is 2. The maximum atomic E-state index is 14.7. The van der Waals surface area contributed by atoms with Gasteiger partial charge in [-0.3, -0.25) is 4.40 Å². The Morgan fingerprint density at radius 3 is 2.74 bits per heavy atom. The Balaban J connectivity index is 1.53. The highest BCUT2D eigenvalue weighted by molar-refractivity contribution is 5.79. The van der Waals surface area contributed by atoms with Gasteiger partial charge in [0.25, 0.3) is 0 Å². The molecule has 0 unspecified atom stereocenters. The van der Waals surface area contributed by atoms with Crippen LogP contribution in [0.4, 0.5) is 10.2 Å². The van der Waals surface area contributed by atoms with Gasteiger partial charge in [-0.15, -0.1) is 10.2 Å². The molecule has 6 rings (SSSR count). The first-order valence-electron chi connectivity index (χ1n) is 10.2. The number of hydrogen-bond acceptors (Lipinski definition) is 6. The van der Waals surface area contributed by atoms with Crippen molar-refractivity contribution in [3.05, 3.63) is 52.9 Å². The monoisotopic (exact) mass is 420 g/mol. The van der Waals surface area contributed by atoms with Crippen molar-refractivity contribution in [2.45, 2.75) is 26.3 Å². The minimum atomic E-state index is -0.249. The fourth-order valence-electron chi connectivity index (χ4n) is 4.51. The third-order valence-corrected chi connectivity index (χ3v) is 6.38. The van der Waals surface area contributed by atoms with E-state index in [0.717, 1.165) is 34.1 Å². The predicted molar refractivity (Wildman–Crippen MR) is 112 cm³/mol. The van der Waals surface area contributed by atoms with Crippen LogP contribution in [0.1, 0.15) is 28.4 Å². The van der Waals surface area contributed by atoms with E-state index in [1.54, 1.807) is 12.4 Å². The van der Waals surface area contributed by atoms with E-state index < -0.39 is 0 Å². The second-order valence-electron chi connectivity index (χ2n) is 8.07. The van der Waals surface area contributed by atoms with Gasteiger partial charge in [0.15, 0.2) is 17.2 Å². The van der Waals surface area contributed by atoms with Crippen LogP contribution in [0.15, 0.2) is 24.5 Å². The molecule has 0 amide bonds. The topological polar surface area (TPSA) is 78.5 Å². The average molecular weight is 420 g/mol. The van der Waals surface area contributed by atoms with E-state index in [1.807, 2.05) is 35.9 Å². The number of halogens is 1. The van der Waals surface area contributed by atoms with E-state index >= 15 is 0 Å². The van der Waals surface area contributed by atoms with E-state index in [2.05, 4.69) is 15.5 Å². The van der Waals surface area contributed by atoms with Gasteiger partial charge in [0.05, 0.1) is 30.4 Å². The van der Waals surface area contributed by atoms with Gasteiger partial charge >= 0.3 is 0 Å². The van der Waals surface area contributed by atoms with Crippen molar-refractivity contribution >= 4 is 11.5 Å². The highest BCUT2D eigenvalue weighted by Crippen LogP contribution is 2.41. The molecule has 31 heavy (non-hydrogen) atoms. The first-order chi connectivity index (χ1) is 15.0. The van der Waals surface area contributed by atoms with Gasteiger partial charge in [0.2, 0.25) is 0 Å². The van der Waals surface area contributed by atoms with Crippen LogP contribution in [0.2, 0.25) is 0 Å². The normalized spacial score (nSPS) is 17.1. The minimum absolute atomic E-state index is 0.0360. The van der Waals surface area contributed by atoms with E-state index in [0.29, 0.717) is 42.5 Å². The molecule has 1 aromatic carbocycles. The number of nitrogens with zero attached hydrogens (tertiary/aromatic N) is 5. The zero-order valence-electron chi connectivity index (χ0n) is 17.4. The smallest absolute Gasteiger partial charge is 0.173 e. The average Bonchev–Trinajstić information content (AvgIpc) is 3.47. The van der Waals surface area contributed by atoms with Crippen molar-refractivity contribution in [2.75, 3.05) is 18.5 Å². The number of nitrogens with one attached hydrogen (secondary N) is 1. The van der Waals surface area contributed by atoms with Crippen molar-refractivity contribution in [1.82, 2.24) is 24.1 Å². The highest BCUT2D eigenvalue weighted by Gasteiger charge is 2.32. The molecule has 0 fully saturated rings. The van der Waals surface area contributed by atoms with E-state index in [-0.39, 0.29) is 11.7 Å². The second-order valence-corrected chi connectivity index (χ2v) is 8.07. The number of pyridine rings is 1. The molecule has 0 spiro atoms. The van der Waals surface area contributed by atoms with Gasteiger partial charge < -0.3 is 19.4 Å². The van der Waals surface area contributed by atoms with Crippen LogP contribution in [0.5, 0.6) is 11.5 Å². The number of imidazole rings is 1. The number of hydrogen-bond donors (Lipinski definition) is 1. The lowest BCUT2D eigenvalue weighted by atomic mass is 9.96. The van der Waals surface area contributed by atoms with Gasteiger partial charge in [-0.2, -0.15) is 0 Å². The van der Waals surface area contributed by atoms with Gasteiger partial charge in [-0.25, -0.2) is 9.37 Å². The molecule has 1 atom stereocenters. The Morgan fingerprint density at radius 1 is 1.16 bits per heavy atom. The molecule has 0 radical (unpaired) electrons. The Labute approximate surface area is 177 Å².